The van der Waals surface area contributed by atoms with Crippen LogP contribution in [-0.4, -0.2) is 35.2 Å². The van der Waals surface area contributed by atoms with Crippen molar-refractivity contribution in [2.75, 3.05) is 13.2 Å². The third-order valence-electron chi connectivity index (χ3n) is 2.68. The van der Waals surface area contributed by atoms with Crippen molar-refractivity contribution < 1.29 is 19.4 Å². The van der Waals surface area contributed by atoms with Crippen molar-refractivity contribution in [3.63, 3.8) is 0 Å². The monoisotopic (exact) mass is 241 g/mol. The summed E-state index contributed by atoms with van der Waals surface area (Å²) in [6, 6.07) is 0. The van der Waals surface area contributed by atoms with Crippen molar-refractivity contribution in [1.29, 1.82) is 0 Å². The number of allylic oxidation sites excluding steroid dienone is 1. The number of likely N-dealkylation sites (tertiary alicyclic amines) is 1. The van der Waals surface area contributed by atoms with Gasteiger partial charge in [-0.1, -0.05) is 6.92 Å². The van der Waals surface area contributed by atoms with E-state index in [-0.39, 0.29) is 12.5 Å². The van der Waals surface area contributed by atoms with Gasteiger partial charge in [-0.2, -0.15) is 0 Å². The van der Waals surface area contributed by atoms with Crippen LogP contribution in [0.1, 0.15) is 39.5 Å². The quantitative estimate of drug-likeness (QED) is 0.820. The Bertz CT molecular complexity index is 335. The summed E-state index contributed by atoms with van der Waals surface area (Å²) in [6.45, 7) is 4.72. The Hall–Kier alpha value is -1.52. The molecular formula is C12H19NO4. The number of aliphatic carboxylic acids is 1. The lowest BCUT2D eigenvalue weighted by Crippen LogP contribution is -2.28. The molecule has 17 heavy (non-hydrogen) atoms. The van der Waals surface area contributed by atoms with Crippen LogP contribution in [0.15, 0.2) is 11.3 Å². The number of rotatable bonds is 4. The lowest BCUT2D eigenvalue weighted by molar-refractivity contribution is -0.136. The first kappa shape index (κ1) is 13.5. The number of hydrogen-bond donors (Lipinski definition) is 1. The van der Waals surface area contributed by atoms with Crippen LogP contribution in [0.4, 0.5) is 4.79 Å². The summed E-state index contributed by atoms with van der Waals surface area (Å²) in [5.74, 6) is -0.872. The second-order valence-corrected chi connectivity index (χ2v) is 4.17. The maximum Gasteiger partial charge on any atom is 0.414 e. The van der Waals surface area contributed by atoms with Gasteiger partial charge in [-0.15, -0.1) is 0 Å². The van der Waals surface area contributed by atoms with Gasteiger partial charge < -0.3 is 9.84 Å². The molecule has 5 heteroatoms. The van der Waals surface area contributed by atoms with Gasteiger partial charge in [-0.3, -0.25) is 9.69 Å². The minimum Gasteiger partial charge on any atom is -0.481 e. The number of hydrogen-bond acceptors (Lipinski definition) is 3. The Kier molecular flexibility index (Phi) is 5.00. The number of carboxylic acid groups (broad SMARTS) is 1. The molecule has 0 radical (unpaired) electrons. The highest BCUT2D eigenvalue weighted by Gasteiger charge is 2.26. The second-order valence-electron chi connectivity index (χ2n) is 4.17. The fourth-order valence-corrected chi connectivity index (χ4v) is 1.92. The summed E-state index contributed by atoms with van der Waals surface area (Å²) in [4.78, 5) is 23.9. The fraction of sp³-hybridized carbons (Fsp3) is 0.667. The number of carbonyl (C=O) groups excluding carboxylic acids is 1. The van der Waals surface area contributed by atoms with Gasteiger partial charge in [0.2, 0.25) is 0 Å². The van der Waals surface area contributed by atoms with E-state index in [1.54, 1.807) is 11.8 Å². The van der Waals surface area contributed by atoms with Crippen molar-refractivity contribution >= 4 is 12.1 Å². The van der Waals surface area contributed by atoms with Gasteiger partial charge in [-0.25, -0.2) is 4.79 Å². The first-order chi connectivity index (χ1) is 8.06. The van der Waals surface area contributed by atoms with Crippen molar-refractivity contribution in [2.45, 2.75) is 39.5 Å². The standard InChI is InChI=1S/C12H19NO4/c1-3-7-17-12(16)13-6-4-5-10(13)9(2)8-11(14)15/h3-8H2,1-2H3,(H,14,15)/b10-9+. The van der Waals surface area contributed by atoms with Crippen molar-refractivity contribution in [2.24, 2.45) is 0 Å². The third-order valence-corrected chi connectivity index (χ3v) is 2.68. The van der Waals surface area contributed by atoms with Gasteiger partial charge in [0.15, 0.2) is 0 Å². The number of carbonyl (C=O) groups is 2. The molecule has 0 aromatic rings. The molecule has 1 rings (SSSR count). The van der Waals surface area contributed by atoms with Crippen molar-refractivity contribution in [3.8, 4) is 0 Å². The van der Waals surface area contributed by atoms with Crippen LogP contribution < -0.4 is 0 Å². The van der Waals surface area contributed by atoms with E-state index < -0.39 is 5.97 Å². The van der Waals surface area contributed by atoms with Crippen LogP contribution in [0.3, 0.4) is 0 Å². The molecule has 0 atom stereocenters. The molecule has 0 spiro atoms. The Labute approximate surface area is 101 Å². The topological polar surface area (TPSA) is 66.8 Å². The van der Waals surface area contributed by atoms with Gasteiger partial charge in [0.1, 0.15) is 0 Å². The van der Waals surface area contributed by atoms with Crippen LogP contribution >= 0.6 is 0 Å². The van der Waals surface area contributed by atoms with Crippen molar-refractivity contribution in [3.05, 3.63) is 11.3 Å². The Morgan fingerprint density at radius 2 is 2.18 bits per heavy atom. The zero-order valence-electron chi connectivity index (χ0n) is 10.4. The number of nitrogens with zero attached hydrogens (tertiary/aromatic N) is 1. The normalized spacial score (nSPS) is 18.1. The Balaban J connectivity index is 2.71. The molecule has 0 unspecified atom stereocenters. The van der Waals surface area contributed by atoms with E-state index in [9.17, 15) is 9.59 Å². The number of amides is 1. The summed E-state index contributed by atoms with van der Waals surface area (Å²) in [5, 5.41) is 8.74. The predicted molar refractivity (Wildman–Crippen MR) is 62.5 cm³/mol. The molecule has 5 nitrogen and oxygen atoms in total. The SMILES string of the molecule is CCCOC(=O)N1CCC/C1=C(/C)CC(=O)O. The maximum atomic E-state index is 11.7. The number of ether oxygens (including phenoxy) is 1. The molecule has 1 amide bonds. The number of carboxylic acids is 1. The predicted octanol–water partition coefficient (Wildman–Crippen LogP) is 2.38. The van der Waals surface area contributed by atoms with E-state index in [1.807, 2.05) is 6.92 Å². The van der Waals surface area contributed by atoms with Gasteiger partial charge in [0.05, 0.1) is 13.0 Å². The van der Waals surface area contributed by atoms with Gasteiger partial charge in [-0.05, 0) is 31.8 Å². The molecular weight excluding hydrogens is 222 g/mol. The lowest BCUT2D eigenvalue weighted by Gasteiger charge is -2.19. The van der Waals surface area contributed by atoms with Crippen LogP contribution in [0.5, 0.6) is 0 Å². The molecule has 1 saturated heterocycles. The molecule has 1 aliphatic heterocycles. The summed E-state index contributed by atoms with van der Waals surface area (Å²) >= 11 is 0. The van der Waals surface area contributed by atoms with E-state index >= 15 is 0 Å². The summed E-state index contributed by atoms with van der Waals surface area (Å²) < 4.78 is 5.07. The van der Waals surface area contributed by atoms with E-state index in [1.165, 1.54) is 0 Å². The summed E-state index contributed by atoms with van der Waals surface area (Å²) in [5.41, 5.74) is 1.55. The molecule has 1 aliphatic rings. The molecule has 0 aromatic heterocycles. The first-order valence-corrected chi connectivity index (χ1v) is 5.91. The zero-order chi connectivity index (χ0) is 12.8. The lowest BCUT2D eigenvalue weighted by atomic mass is 10.1. The first-order valence-electron chi connectivity index (χ1n) is 5.91. The highest BCUT2D eigenvalue weighted by molar-refractivity contribution is 5.73. The van der Waals surface area contributed by atoms with Crippen LogP contribution in [0.25, 0.3) is 0 Å². The maximum absolute atomic E-state index is 11.7. The average Bonchev–Trinajstić information content (AvgIpc) is 2.73. The smallest absolute Gasteiger partial charge is 0.414 e. The molecule has 1 fully saturated rings. The Morgan fingerprint density at radius 1 is 1.47 bits per heavy atom. The highest BCUT2D eigenvalue weighted by atomic mass is 16.6. The molecule has 0 bridgehead atoms. The van der Waals surface area contributed by atoms with Gasteiger partial charge >= 0.3 is 12.1 Å². The summed E-state index contributed by atoms with van der Waals surface area (Å²) in [6.07, 6.45) is 2.03. The molecule has 0 aromatic carbocycles. The minimum atomic E-state index is -0.872. The van der Waals surface area contributed by atoms with E-state index in [0.717, 1.165) is 30.5 Å². The largest absolute Gasteiger partial charge is 0.481 e. The van der Waals surface area contributed by atoms with Crippen molar-refractivity contribution in [1.82, 2.24) is 4.90 Å². The van der Waals surface area contributed by atoms with Gasteiger partial charge in [0, 0.05) is 12.2 Å². The van der Waals surface area contributed by atoms with Crippen LogP contribution in [0, 0.1) is 0 Å². The molecule has 96 valence electrons. The highest BCUT2D eigenvalue weighted by Crippen LogP contribution is 2.26. The minimum absolute atomic E-state index is 0.0209. The second kappa shape index (κ2) is 6.27. The fourth-order valence-electron chi connectivity index (χ4n) is 1.92. The molecule has 1 heterocycles. The average molecular weight is 241 g/mol. The van der Waals surface area contributed by atoms with Gasteiger partial charge in [0.25, 0.3) is 0 Å². The van der Waals surface area contributed by atoms with E-state index in [4.69, 9.17) is 9.84 Å². The van der Waals surface area contributed by atoms with E-state index in [0.29, 0.717) is 13.2 Å². The molecule has 1 N–H and O–H groups in total. The zero-order valence-corrected chi connectivity index (χ0v) is 10.4. The third kappa shape index (κ3) is 3.76. The molecule has 0 aliphatic carbocycles. The van der Waals surface area contributed by atoms with Crippen LogP contribution in [0.2, 0.25) is 0 Å². The van der Waals surface area contributed by atoms with Crippen LogP contribution in [-0.2, 0) is 9.53 Å². The molecule has 0 saturated carbocycles. The Morgan fingerprint density at radius 3 is 2.76 bits per heavy atom. The van der Waals surface area contributed by atoms with E-state index in [2.05, 4.69) is 0 Å². The summed E-state index contributed by atoms with van der Waals surface area (Å²) in [7, 11) is 0.